The Morgan fingerprint density at radius 2 is 1.95 bits per heavy atom. The second kappa shape index (κ2) is 5.32. The predicted molar refractivity (Wildman–Crippen MR) is 74.8 cm³/mol. The summed E-state index contributed by atoms with van der Waals surface area (Å²) >= 11 is 0. The monoisotopic (exact) mass is 265 g/mol. The molecule has 6 N–H and O–H groups in total. The van der Waals surface area contributed by atoms with E-state index in [4.69, 9.17) is 17.2 Å². The highest BCUT2D eigenvalue weighted by molar-refractivity contribution is 5.79. The Hall–Kier alpha value is -1.37. The lowest BCUT2D eigenvalue weighted by atomic mass is 9.93. The topological polar surface area (TPSA) is 102 Å². The summed E-state index contributed by atoms with van der Waals surface area (Å²) in [5.74, 6) is 0.122. The molecule has 0 unspecified atom stereocenters. The van der Waals surface area contributed by atoms with Gasteiger partial charge in [0.1, 0.15) is 0 Å². The van der Waals surface area contributed by atoms with Gasteiger partial charge in [-0.05, 0) is 18.7 Å². The number of hydrogen-bond acceptors (Lipinski definition) is 5. The van der Waals surface area contributed by atoms with Crippen molar-refractivity contribution in [3.63, 3.8) is 0 Å². The standard InChI is InChI=1S/C13H23N5O/c1-17-4-6-18(7-5-17)12(19)8-10-2-3-13(15,16)9-11(10)14/h2-3H,4-9,14-16H2,1H3. The number of hydrogen-bond donors (Lipinski definition) is 3. The van der Waals surface area contributed by atoms with Crippen LogP contribution in [-0.2, 0) is 4.79 Å². The Balaban J connectivity index is 1.95. The largest absolute Gasteiger partial charge is 0.402 e. The van der Waals surface area contributed by atoms with Crippen LogP contribution < -0.4 is 17.2 Å². The highest BCUT2D eigenvalue weighted by Crippen LogP contribution is 2.21. The molecule has 1 saturated heterocycles. The smallest absolute Gasteiger partial charge is 0.227 e. The molecule has 0 spiro atoms. The molecule has 0 bridgehead atoms. The van der Waals surface area contributed by atoms with Gasteiger partial charge in [-0.1, -0.05) is 6.08 Å². The Morgan fingerprint density at radius 3 is 2.53 bits per heavy atom. The maximum atomic E-state index is 12.2. The fourth-order valence-corrected chi connectivity index (χ4v) is 2.37. The Kier molecular flexibility index (Phi) is 3.93. The molecule has 0 aromatic rings. The minimum Gasteiger partial charge on any atom is -0.402 e. The molecule has 6 heteroatoms. The molecule has 1 aliphatic heterocycles. The lowest BCUT2D eigenvalue weighted by Crippen LogP contribution is -2.50. The van der Waals surface area contributed by atoms with Crippen molar-refractivity contribution < 1.29 is 4.79 Å². The summed E-state index contributed by atoms with van der Waals surface area (Å²) < 4.78 is 0. The van der Waals surface area contributed by atoms with Gasteiger partial charge in [0.15, 0.2) is 0 Å². The predicted octanol–water partition coefficient (Wildman–Crippen LogP) is -1.06. The highest BCUT2D eigenvalue weighted by Gasteiger charge is 2.25. The average Bonchev–Trinajstić information content (AvgIpc) is 2.33. The fraction of sp³-hybridized carbons (Fsp3) is 0.615. The SMILES string of the molecule is CN1CCN(C(=O)CC2=C(N)CC(N)(N)C=C2)CC1. The lowest BCUT2D eigenvalue weighted by Gasteiger charge is -2.33. The summed E-state index contributed by atoms with van der Waals surface area (Å²) in [4.78, 5) is 16.3. The summed E-state index contributed by atoms with van der Waals surface area (Å²) in [5.41, 5.74) is 18.1. The van der Waals surface area contributed by atoms with Crippen molar-refractivity contribution in [2.45, 2.75) is 18.5 Å². The fourth-order valence-electron chi connectivity index (χ4n) is 2.37. The molecule has 19 heavy (non-hydrogen) atoms. The number of nitrogens with two attached hydrogens (primary N) is 3. The van der Waals surface area contributed by atoms with E-state index >= 15 is 0 Å². The second-order valence-corrected chi connectivity index (χ2v) is 5.53. The Bertz CT molecular complexity index is 419. The van der Waals surface area contributed by atoms with Crippen molar-refractivity contribution >= 4 is 5.91 Å². The first-order valence-corrected chi connectivity index (χ1v) is 6.58. The number of carbonyl (C=O) groups excluding carboxylic acids is 1. The van der Waals surface area contributed by atoms with Crippen LogP contribution in [0.3, 0.4) is 0 Å². The minimum atomic E-state index is -0.884. The van der Waals surface area contributed by atoms with Crippen molar-refractivity contribution in [1.29, 1.82) is 0 Å². The van der Waals surface area contributed by atoms with Gasteiger partial charge in [-0.3, -0.25) is 4.79 Å². The third-order valence-electron chi connectivity index (χ3n) is 3.70. The van der Waals surface area contributed by atoms with E-state index in [-0.39, 0.29) is 5.91 Å². The molecular formula is C13H23N5O. The van der Waals surface area contributed by atoms with E-state index in [9.17, 15) is 4.79 Å². The molecule has 6 nitrogen and oxygen atoms in total. The van der Waals surface area contributed by atoms with Crippen molar-refractivity contribution in [3.05, 3.63) is 23.4 Å². The summed E-state index contributed by atoms with van der Waals surface area (Å²) in [7, 11) is 2.06. The van der Waals surface area contributed by atoms with Crippen LogP contribution in [-0.4, -0.2) is 54.6 Å². The second-order valence-electron chi connectivity index (χ2n) is 5.53. The number of allylic oxidation sites excluding steroid dienone is 1. The van der Waals surface area contributed by atoms with Crippen LogP contribution in [0, 0.1) is 0 Å². The van der Waals surface area contributed by atoms with Crippen molar-refractivity contribution in [3.8, 4) is 0 Å². The van der Waals surface area contributed by atoms with Crippen LogP contribution in [0.1, 0.15) is 12.8 Å². The van der Waals surface area contributed by atoms with E-state index in [0.29, 0.717) is 18.5 Å². The number of carbonyl (C=O) groups is 1. The first-order chi connectivity index (χ1) is 8.87. The Labute approximate surface area is 113 Å². The molecule has 1 heterocycles. The number of piperazine rings is 1. The summed E-state index contributed by atoms with van der Waals surface area (Å²) in [5, 5.41) is 0. The summed E-state index contributed by atoms with van der Waals surface area (Å²) in [6, 6.07) is 0. The van der Waals surface area contributed by atoms with Crippen LogP contribution in [0.2, 0.25) is 0 Å². The minimum absolute atomic E-state index is 0.122. The zero-order valence-corrected chi connectivity index (χ0v) is 11.4. The molecule has 0 saturated carbocycles. The van der Waals surface area contributed by atoms with Gasteiger partial charge >= 0.3 is 0 Å². The quantitative estimate of drug-likeness (QED) is 0.552. The number of rotatable bonds is 2. The van der Waals surface area contributed by atoms with Gasteiger partial charge in [0.25, 0.3) is 0 Å². The molecule has 0 aromatic carbocycles. The van der Waals surface area contributed by atoms with E-state index < -0.39 is 5.66 Å². The van der Waals surface area contributed by atoms with Crippen molar-refractivity contribution in [2.24, 2.45) is 17.2 Å². The van der Waals surface area contributed by atoms with E-state index in [1.165, 1.54) is 0 Å². The molecular weight excluding hydrogens is 242 g/mol. The molecule has 0 radical (unpaired) electrons. The lowest BCUT2D eigenvalue weighted by molar-refractivity contribution is -0.131. The van der Waals surface area contributed by atoms with Crippen LogP contribution in [0.25, 0.3) is 0 Å². The average molecular weight is 265 g/mol. The van der Waals surface area contributed by atoms with Gasteiger partial charge in [0.2, 0.25) is 5.91 Å². The van der Waals surface area contributed by atoms with Gasteiger partial charge in [-0.25, -0.2) is 0 Å². The molecule has 2 aliphatic rings. The van der Waals surface area contributed by atoms with E-state index in [1.807, 2.05) is 4.90 Å². The Morgan fingerprint density at radius 1 is 1.32 bits per heavy atom. The van der Waals surface area contributed by atoms with E-state index in [0.717, 1.165) is 31.8 Å². The van der Waals surface area contributed by atoms with E-state index in [2.05, 4.69) is 11.9 Å². The number of amides is 1. The van der Waals surface area contributed by atoms with Gasteiger partial charge in [0.05, 0.1) is 12.1 Å². The molecule has 2 rings (SSSR count). The van der Waals surface area contributed by atoms with Gasteiger partial charge in [-0.15, -0.1) is 0 Å². The molecule has 1 amide bonds. The third-order valence-corrected chi connectivity index (χ3v) is 3.70. The maximum Gasteiger partial charge on any atom is 0.227 e. The number of nitrogens with zero attached hydrogens (tertiary/aromatic N) is 2. The van der Waals surface area contributed by atoms with Crippen LogP contribution in [0.4, 0.5) is 0 Å². The van der Waals surface area contributed by atoms with Gasteiger partial charge in [-0.2, -0.15) is 0 Å². The number of likely N-dealkylation sites (N-methyl/N-ethyl adjacent to an activating group) is 1. The van der Waals surface area contributed by atoms with Crippen molar-refractivity contribution in [2.75, 3.05) is 33.2 Å². The van der Waals surface area contributed by atoms with E-state index in [1.54, 1.807) is 12.2 Å². The molecule has 0 atom stereocenters. The summed E-state index contributed by atoms with van der Waals surface area (Å²) in [6.07, 6.45) is 4.24. The highest BCUT2D eigenvalue weighted by atomic mass is 16.2. The first-order valence-electron chi connectivity index (χ1n) is 6.58. The zero-order chi connectivity index (χ0) is 14.0. The first kappa shape index (κ1) is 14.0. The maximum absolute atomic E-state index is 12.2. The van der Waals surface area contributed by atoms with Crippen molar-refractivity contribution in [1.82, 2.24) is 9.80 Å². The normalized spacial score (nSPS) is 23.8. The molecule has 1 fully saturated rings. The molecule has 106 valence electrons. The zero-order valence-electron chi connectivity index (χ0n) is 11.4. The van der Waals surface area contributed by atoms with Crippen LogP contribution >= 0.6 is 0 Å². The third kappa shape index (κ3) is 3.56. The van der Waals surface area contributed by atoms with Gasteiger partial charge in [0, 0.05) is 38.3 Å². The molecule has 0 aromatic heterocycles. The van der Waals surface area contributed by atoms with Crippen LogP contribution in [0.5, 0.6) is 0 Å². The van der Waals surface area contributed by atoms with Crippen LogP contribution in [0.15, 0.2) is 23.4 Å². The summed E-state index contributed by atoms with van der Waals surface area (Å²) in [6.45, 7) is 3.41. The van der Waals surface area contributed by atoms with Gasteiger partial charge < -0.3 is 27.0 Å². The molecule has 1 aliphatic carbocycles.